The summed E-state index contributed by atoms with van der Waals surface area (Å²) in [5.41, 5.74) is 2.77. The van der Waals surface area contributed by atoms with Crippen molar-refractivity contribution < 1.29 is 9.53 Å². The number of aromatic nitrogens is 2. The van der Waals surface area contributed by atoms with Gasteiger partial charge in [-0.3, -0.25) is 4.79 Å². The van der Waals surface area contributed by atoms with Crippen LogP contribution in [-0.2, 0) is 6.61 Å². The average Bonchev–Trinajstić information content (AvgIpc) is 2.88. The van der Waals surface area contributed by atoms with Crippen molar-refractivity contribution in [1.82, 2.24) is 9.78 Å². The Labute approximate surface area is 155 Å². The third-order valence-electron chi connectivity index (χ3n) is 3.82. The zero-order valence-corrected chi connectivity index (χ0v) is 15.3. The predicted octanol–water partition coefficient (Wildman–Crippen LogP) is 5.07. The maximum Gasteiger partial charge on any atom is 0.278 e. The molecule has 3 aromatic rings. The van der Waals surface area contributed by atoms with Crippen molar-refractivity contribution >= 4 is 29.1 Å². The van der Waals surface area contributed by atoms with Gasteiger partial charge in [-0.1, -0.05) is 35.3 Å². The van der Waals surface area contributed by atoms with E-state index in [1.165, 1.54) is 4.68 Å². The van der Waals surface area contributed by atoms with E-state index in [1.54, 1.807) is 38.1 Å². The van der Waals surface area contributed by atoms with Crippen LogP contribution >= 0.6 is 23.2 Å². The molecule has 2 aromatic carbocycles. The van der Waals surface area contributed by atoms with Gasteiger partial charge in [0.2, 0.25) is 0 Å². The summed E-state index contributed by atoms with van der Waals surface area (Å²) in [6.07, 6.45) is 0. The number of carbonyl (C=O) groups excluding carboxylic acids is 1. The number of rotatable bonds is 4. The van der Waals surface area contributed by atoms with Crippen molar-refractivity contribution in [2.45, 2.75) is 20.5 Å². The molecule has 0 unspecified atom stereocenters. The van der Waals surface area contributed by atoms with Gasteiger partial charge < -0.3 is 4.74 Å². The molecule has 0 fully saturated rings. The highest BCUT2D eigenvalue weighted by atomic mass is 35.5. The van der Waals surface area contributed by atoms with E-state index in [-0.39, 0.29) is 5.91 Å². The molecule has 0 spiro atoms. The Hall–Kier alpha value is -2.30. The smallest absolute Gasteiger partial charge is 0.278 e. The first-order chi connectivity index (χ1) is 12.0. The summed E-state index contributed by atoms with van der Waals surface area (Å²) in [7, 11) is 0. The zero-order valence-electron chi connectivity index (χ0n) is 13.8. The summed E-state index contributed by atoms with van der Waals surface area (Å²) in [5.74, 6) is 0.527. The average molecular weight is 375 g/mol. The van der Waals surface area contributed by atoms with Crippen LogP contribution in [0.1, 0.15) is 27.3 Å². The number of hydrogen-bond donors (Lipinski definition) is 0. The lowest BCUT2D eigenvalue weighted by molar-refractivity contribution is 0.0942. The Kier molecular flexibility index (Phi) is 5.11. The first kappa shape index (κ1) is 17.5. The minimum absolute atomic E-state index is 0.210. The lowest BCUT2D eigenvalue weighted by Crippen LogP contribution is -2.15. The van der Waals surface area contributed by atoms with Gasteiger partial charge in [-0.05, 0) is 55.8 Å². The fraction of sp³-hybridized carbons (Fsp3) is 0.158. The summed E-state index contributed by atoms with van der Waals surface area (Å²) in [6, 6.07) is 14.4. The molecule has 6 heteroatoms. The molecular weight excluding hydrogens is 359 g/mol. The standard InChI is InChI=1S/C19H16Cl2N2O2/c1-12-18(21)13(2)23(22-12)19(24)15-5-3-14(4-6-15)11-25-17-9-7-16(20)8-10-17/h3-10H,11H2,1-2H3. The molecule has 25 heavy (non-hydrogen) atoms. The largest absolute Gasteiger partial charge is 0.489 e. The van der Waals surface area contributed by atoms with Crippen LogP contribution in [0, 0.1) is 13.8 Å². The van der Waals surface area contributed by atoms with E-state index >= 15 is 0 Å². The van der Waals surface area contributed by atoms with Gasteiger partial charge in [0.1, 0.15) is 12.4 Å². The lowest BCUT2D eigenvalue weighted by atomic mass is 10.1. The van der Waals surface area contributed by atoms with E-state index in [0.717, 1.165) is 11.3 Å². The SMILES string of the molecule is Cc1nn(C(=O)c2ccc(COc3ccc(Cl)cc3)cc2)c(C)c1Cl. The van der Waals surface area contributed by atoms with Gasteiger partial charge in [-0.15, -0.1) is 0 Å². The summed E-state index contributed by atoms with van der Waals surface area (Å²) in [6.45, 7) is 3.95. The van der Waals surface area contributed by atoms with Gasteiger partial charge in [0.05, 0.1) is 16.4 Å². The van der Waals surface area contributed by atoms with E-state index in [0.29, 0.717) is 33.6 Å². The number of hydrogen-bond acceptors (Lipinski definition) is 3. The molecule has 128 valence electrons. The molecule has 0 N–H and O–H groups in total. The molecular formula is C19H16Cl2N2O2. The van der Waals surface area contributed by atoms with Crippen LogP contribution < -0.4 is 4.74 Å². The number of carbonyl (C=O) groups is 1. The molecule has 1 aromatic heterocycles. The van der Waals surface area contributed by atoms with Crippen LogP contribution in [0.2, 0.25) is 10.0 Å². The minimum Gasteiger partial charge on any atom is -0.489 e. The van der Waals surface area contributed by atoms with Crippen LogP contribution in [0.4, 0.5) is 0 Å². The Balaban J connectivity index is 1.70. The van der Waals surface area contributed by atoms with Gasteiger partial charge >= 0.3 is 0 Å². The third-order valence-corrected chi connectivity index (χ3v) is 4.61. The van der Waals surface area contributed by atoms with Crippen molar-refractivity contribution in [2.75, 3.05) is 0 Å². The van der Waals surface area contributed by atoms with Crippen LogP contribution in [0.5, 0.6) is 5.75 Å². The van der Waals surface area contributed by atoms with Gasteiger partial charge in [0, 0.05) is 10.6 Å². The quantitative estimate of drug-likeness (QED) is 0.639. The Morgan fingerprint density at radius 1 is 1.04 bits per heavy atom. The van der Waals surface area contributed by atoms with Crippen molar-refractivity contribution in [3.8, 4) is 5.75 Å². The molecule has 0 atom stereocenters. The van der Waals surface area contributed by atoms with Crippen LogP contribution in [0.3, 0.4) is 0 Å². The zero-order chi connectivity index (χ0) is 18.0. The third kappa shape index (κ3) is 3.86. The monoisotopic (exact) mass is 374 g/mol. The van der Waals surface area contributed by atoms with Crippen LogP contribution in [-0.4, -0.2) is 15.7 Å². The maximum absolute atomic E-state index is 12.6. The van der Waals surface area contributed by atoms with Gasteiger partial charge in [0.25, 0.3) is 5.91 Å². The maximum atomic E-state index is 12.6. The Bertz CT molecular complexity index is 900. The first-order valence-electron chi connectivity index (χ1n) is 7.69. The van der Waals surface area contributed by atoms with Crippen molar-refractivity contribution in [2.24, 2.45) is 0 Å². The second-order valence-corrected chi connectivity index (χ2v) is 6.46. The molecule has 0 aliphatic heterocycles. The highest BCUT2D eigenvalue weighted by Crippen LogP contribution is 2.20. The number of ether oxygens (including phenoxy) is 1. The lowest BCUT2D eigenvalue weighted by Gasteiger charge is -2.08. The molecule has 0 saturated carbocycles. The fourth-order valence-electron chi connectivity index (χ4n) is 2.38. The van der Waals surface area contributed by atoms with E-state index in [9.17, 15) is 4.79 Å². The summed E-state index contributed by atoms with van der Waals surface area (Å²) in [4.78, 5) is 12.6. The van der Waals surface area contributed by atoms with E-state index in [2.05, 4.69) is 5.10 Å². The number of benzene rings is 2. The molecule has 0 saturated heterocycles. The number of aryl methyl sites for hydroxylation is 1. The summed E-state index contributed by atoms with van der Waals surface area (Å²) < 4.78 is 7.02. The topological polar surface area (TPSA) is 44.1 Å². The van der Waals surface area contributed by atoms with Gasteiger partial charge in [0.15, 0.2) is 0 Å². The second kappa shape index (κ2) is 7.30. The number of halogens is 2. The van der Waals surface area contributed by atoms with Gasteiger partial charge in [-0.2, -0.15) is 9.78 Å². The molecule has 3 rings (SSSR count). The summed E-state index contributed by atoms with van der Waals surface area (Å²) >= 11 is 11.9. The molecule has 0 aliphatic rings. The molecule has 0 amide bonds. The minimum atomic E-state index is -0.210. The van der Waals surface area contributed by atoms with E-state index in [4.69, 9.17) is 27.9 Å². The Morgan fingerprint density at radius 2 is 1.68 bits per heavy atom. The number of nitrogens with zero attached hydrogens (tertiary/aromatic N) is 2. The van der Waals surface area contributed by atoms with Crippen molar-refractivity contribution in [3.05, 3.63) is 81.1 Å². The molecule has 4 nitrogen and oxygen atoms in total. The van der Waals surface area contributed by atoms with Crippen molar-refractivity contribution in [3.63, 3.8) is 0 Å². The van der Waals surface area contributed by atoms with Crippen molar-refractivity contribution in [1.29, 1.82) is 0 Å². The fourth-order valence-corrected chi connectivity index (χ4v) is 2.63. The van der Waals surface area contributed by atoms with Crippen LogP contribution in [0.15, 0.2) is 48.5 Å². The second-order valence-electron chi connectivity index (χ2n) is 5.64. The predicted molar refractivity (Wildman–Crippen MR) is 98.7 cm³/mol. The Morgan fingerprint density at radius 3 is 2.24 bits per heavy atom. The molecule has 1 heterocycles. The first-order valence-corrected chi connectivity index (χ1v) is 8.45. The van der Waals surface area contributed by atoms with Gasteiger partial charge in [-0.25, -0.2) is 0 Å². The normalized spacial score (nSPS) is 10.7. The van der Waals surface area contributed by atoms with Crippen LogP contribution in [0.25, 0.3) is 0 Å². The molecule has 0 bridgehead atoms. The van der Waals surface area contributed by atoms with E-state index < -0.39 is 0 Å². The summed E-state index contributed by atoms with van der Waals surface area (Å²) in [5, 5.41) is 5.37. The molecule has 0 aliphatic carbocycles. The highest BCUT2D eigenvalue weighted by molar-refractivity contribution is 6.32. The molecule has 0 radical (unpaired) electrons. The van der Waals surface area contributed by atoms with E-state index in [1.807, 2.05) is 24.3 Å². The highest BCUT2D eigenvalue weighted by Gasteiger charge is 2.16.